The molecular formula is C18H20N2O2. The fourth-order valence-electron chi connectivity index (χ4n) is 2.20. The van der Waals surface area contributed by atoms with Crippen LogP contribution in [0.15, 0.2) is 42.5 Å². The maximum Gasteiger partial charge on any atom is 0.248 e. The van der Waals surface area contributed by atoms with Crippen LogP contribution >= 0.6 is 0 Å². The Morgan fingerprint density at radius 3 is 2.45 bits per heavy atom. The molecule has 2 aromatic rings. The minimum Gasteiger partial charge on any atom is -0.495 e. The fourth-order valence-corrected chi connectivity index (χ4v) is 2.20. The molecule has 0 fully saturated rings. The van der Waals surface area contributed by atoms with Crippen LogP contribution in [0.1, 0.15) is 16.7 Å². The number of nitrogen functional groups attached to an aromatic ring is 1. The molecule has 0 atom stereocenters. The molecule has 4 heteroatoms. The quantitative estimate of drug-likeness (QED) is 0.670. The van der Waals surface area contributed by atoms with Gasteiger partial charge in [0.25, 0.3) is 0 Å². The summed E-state index contributed by atoms with van der Waals surface area (Å²) in [5.41, 5.74) is 10.2. The number of methoxy groups -OCH3 is 1. The highest BCUT2D eigenvalue weighted by atomic mass is 16.5. The number of hydrogen-bond acceptors (Lipinski definition) is 3. The molecule has 3 N–H and O–H groups in total. The molecular weight excluding hydrogens is 276 g/mol. The maximum atomic E-state index is 12.0. The molecule has 22 heavy (non-hydrogen) atoms. The Hall–Kier alpha value is -2.75. The van der Waals surface area contributed by atoms with Gasteiger partial charge in [-0.1, -0.05) is 24.3 Å². The number of carbonyl (C=O) groups excluding carboxylic acids is 1. The zero-order valence-electron chi connectivity index (χ0n) is 13.0. The molecule has 0 aromatic heterocycles. The molecule has 0 saturated heterocycles. The Morgan fingerprint density at radius 1 is 1.18 bits per heavy atom. The van der Waals surface area contributed by atoms with Gasteiger partial charge in [-0.3, -0.25) is 4.79 Å². The summed E-state index contributed by atoms with van der Waals surface area (Å²) in [7, 11) is 1.57. The normalized spacial score (nSPS) is 10.7. The first-order chi connectivity index (χ1) is 10.5. The Kier molecular flexibility index (Phi) is 4.84. The molecule has 2 aromatic carbocycles. The standard InChI is InChI=1S/C18H20N2O2/c1-12-5-4-6-13(2)18(12)20-17(21)10-8-14-7-9-16(22-3)15(19)11-14/h4-11H,19H2,1-3H3,(H,20,21)/b10-8+. The smallest absolute Gasteiger partial charge is 0.248 e. The Balaban J connectivity index is 2.10. The van der Waals surface area contributed by atoms with Crippen LogP contribution in [0.5, 0.6) is 5.75 Å². The average Bonchev–Trinajstić information content (AvgIpc) is 2.49. The van der Waals surface area contributed by atoms with E-state index in [4.69, 9.17) is 10.5 Å². The van der Waals surface area contributed by atoms with E-state index in [9.17, 15) is 4.79 Å². The van der Waals surface area contributed by atoms with Crippen LogP contribution < -0.4 is 15.8 Å². The topological polar surface area (TPSA) is 64.3 Å². The number of benzene rings is 2. The summed E-state index contributed by atoms with van der Waals surface area (Å²) in [6.45, 7) is 3.94. The summed E-state index contributed by atoms with van der Waals surface area (Å²) in [4.78, 5) is 12.0. The minimum absolute atomic E-state index is 0.174. The van der Waals surface area contributed by atoms with Crippen molar-refractivity contribution in [1.82, 2.24) is 0 Å². The third-order valence-corrected chi connectivity index (χ3v) is 3.41. The predicted octanol–water partition coefficient (Wildman–Crippen LogP) is 3.55. The minimum atomic E-state index is -0.174. The van der Waals surface area contributed by atoms with Gasteiger partial charge in [0, 0.05) is 11.8 Å². The number of nitrogens with two attached hydrogens (primary N) is 1. The van der Waals surface area contributed by atoms with Gasteiger partial charge in [0.05, 0.1) is 12.8 Å². The van der Waals surface area contributed by atoms with Gasteiger partial charge in [-0.05, 0) is 48.7 Å². The van der Waals surface area contributed by atoms with Gasteiger partial charge < -0.3 is 15.8 Å². The van der Waals surface area contributed by atoms with Crippen LogP contribution in [-0.4, -0.2) is 13.0 Å². The molecule has 2 rings (SSSR count). The van der Waals surface area contributed by atoms with Crippen molar-refractivity contribution in [2.45, 2.75) is 13.8 Å². The van der Waals surface area contributed by atoms with Crippen LogP contribution in [0.3, 0.4) is 0 Å². The van der Waals surface area contributed by atoms with Crippen molar-refractivity contribution >= 4 is 23.4 Å². The van der Waals surface area contributed by atoms with Gasteiger partial charge in [-0.2, -0.15) is 0 Å². The lowest BCUT2D eigenvalue weighted by molar-refractivity contribution is -0.111. The third-order valence-electron chi connectivity index (χ3n) is 3.41. The number of anilines is 2. The van der Waals surface area contributed by atoms with E-state index in [1.807, 2.05) is 38.1 Å². The highest BCUT2D eigenvalue weighted by molar-refractivity contribution is 6.02. The van der Waals surface area contributed by atoms with E-state index in [-0.39, 0.29) is 5.91 Å². The summed E-state index contributed by atoms with van der Waals surface area (Å²) in [6, 6.07) is 11.3. The van der Waals surface area contributed by atoms with E-state index in [1.54, 1.807) is 25.3 Å². The maximum absolute atomic E-state index is 12.0. The number of amides is 1. The summed E-state index contributed by atoms with van der Waals surface area (Å²) < 4.78 is 5.10. The molecule has 0 aliphatic carbocycles. The second kappa shape index (κ2) is 6.80. The SMILES string of the molecule is COc1ccc(/C=C/C(=O)Nc2c(C)cccc2C)cc1N. The second-order valence-corrected chi connectivity index (χ2v) is 5.09. The van der Waals surface area contributed by atoms with Crippen LogP contribution in [-0.2, 0) is 4.79 Å². The summed E-state index contributed by atoms with van der Waals surface area (Å²) in [6.07, 6.45) is 3.21. The van der Waals surface area contributed by atoms with Crippen molar-refractivity contribution in [2.24, 2.45) is 0 Å². The van der Waals surface area contributed by atoms with Crippen molar-refractivity contribution in [3.63, 3.8) is 0 Å². The van der Waals surface area contributed by atoms with Crippen molar-refractivity contribution < 1.29 is 9.53 Å². The van der Waals surface area contributed by atoms with Crippen LogP contribution in [0.25, 0.3) is 6.08 Å². The van der Waals surface area contributed by atoms with Crippen molar-refractivity contribution in [3.05, 3.63) is 59.2 Å². The summed E-state index contributed by atoms with van der Waals surface area (Å²) >= 11 is 0. The molecule has 0 spiro atoms. The Labute approximate surface area is 130 Å². The van der Waals surface area contributed by atoms with Crippen LogP contribution in [0.4, 0.5) is 11.4 Å². The lowest BCUT2D eigenvalue weighted by Crippen LogP contribution is -2.10. The van der Waals surface area contributed by atoms with E-state index in [0.29, 0.717) is 11.4 Å². The molecule has 0 unspecified atom stereocenters. The van der Waals surface area contributed by atoms with Gasteiger partial charge in [-0.25, -0.2) is 0 Å². The zero-order chi connectivity index (χ0) is 16.1. The van der Waals surface area contributed by atoms with E-state index >= 15 is 0 Å². The van der Waals surface area contributed by atoms with Gasteiger partial charge in [0.1, 0.15) is 5.75 Å². The molecule has 1 amide bonds. The van der Waals surface area contributed by atoms with Gasteiger partial charge >= 0.3 is 0 Å². The summed E-state index contributed by atoms with van der Waals surface area (Å²) in [5.74, 6) is 0.448. The molecule has 0 aliphatic heterocycles. The zero-order valence-corrected chi connectivity index (χ0v) is 13.0. The Morgan fingerprint density at radius 2 is 1.86 bits per heavy atom. The number of carbonyl (C=O) groups is 1. The number of aryl methyl sites for hydroxylation is 2. The highest BCUT2D eigenvalue weighted by Crippen LogP contribution is 2.23. The van der Waals surface area contributed by atoms with Crippen LogP contribution in [0, 0.1) is 13.8 Å². The largest absolute Gasteiger partial charge is 0.495 e. The fraction of sp³-hybridized carbons (Fsp3) is 0.167. The first kappa shape index (κ1) is 15.6. The number of para-hydroxylation sites is 1. The second-order valence-electron chi connectivity index (χ2n) is 5.09. The first-order valence-corrected chi connectivity index (χ1v) is 7.00. The molecule has 0 heterocycles. The molecule has 114 valence electrons. The average molecular weight is 296 g/mol. The predicted molar refractivity (Wildman–Crippen MR) is 91.0 cm³/mol. The van der Waals surface area contributed by atoms with E-state index in [0.717, 1.165) is 22.4 Å². The van der Waals surface area contributed by atoms with E-state index in [2.05, 4.69) is 5.32 Å². The highest BCUT2D eigenvalue weighted by Gasteiger charge is 2.04. The first-order valence-electron chi connectivity index (χ1n) is 7.00. The molecule has 0 aliphatic rings. The van der Waals surface area contributed by atoms with Gasteiger partial charge in [0.2, 0.25) is 5.91 Å². The number of ether oxygens (including phenoxy) is 1. The number of nitrogens with one attached hydrogen (secondary N) is 1. The summed E-state index contributed by atoms with van der Waals surface area (Å²) in [5, 5.41) is 2.90. The van der Waals surface area contributed by atoms with Crippen molar-refractivity contribution in [3.8, 4) is 5.75 Å². The lowest BCUT2D eigenvalue weighted by atomic mass is 10.1. The van der Waals surface area contributed by atoms with Crippen molar-refractivity contribution in [1.29, 1.82) is 0 Å². The van der Waals surface area contributed by atoms with Gasteiger partial charge in [-0.15, -0.1) is 0 Å². The van der Waals surface area contributed by atoms with E-state index < -0.39 is 0 Å². The molecule has 4 nitrogen and oxygen atoms in total. The van der Waals surface area contributed by atoms with Gasteiger partial charge in [0.15, 0.2) is 0 Å². The Bertz CT molecular complexity index is 701. The molecule has 0 saturated carbocycles. The number of rotatable bonds is 4. The lowest BCUT2D eigenvalue weighted by Gasteiger charge is -2.09. The molecule has 0 bridgehead atoms. The van der Waals surface area contributed by atoms with E-state index in [1.165, 1.54) is 6.08 Å². The molecule has 0 radical (unpaired) electrons. The van der Waals surface area contributed by atoms with Crippen LogP contribution in [0.2, 0.25) is 0 Å². The third kappa shape index (κ3) is 3.67. The van der Waals surface area contributed by atoms with Crippen molar-refractivity contribution in [2.75, 3.05) is 18.2 Å². The monoisotopic (exact) mass is 296 g/mol. The number of hydrogen-bond donors (Lipinski definition) is 2.